The minimum Gasteiger partial charge on any atom is -0.243 e. The van der Waals surface area contributed by atoms with Crippen molar-refractivity contribution in [2.75, 3.05) is 6.67 Å². The van der Waals surface area contributed by atoms with E-state index in [1.54, 1.807) is 36.4 Å². The lowest BCUT2D eigenvalue weighted by Crippen LogP contribution is -2.22. The summed E-state index contributed by atoms with van der Waals surface area (Å²) in [4.78, 5) is 0. The third-order valence-corrected chi connectivity index (χ3v) is 11.3. The highest BCUT2D eigenvalue weighted by Crippen LogP contribution is 2.60. The standard InChI is InChI=1S/C36H24F5P/c1-22(38)34(40)35(41)36(31(39)21-37)42(2,32-19-23-11-3-5-13-25(23)27-15-7-9-17-29(27)32)33-20-24-12-4-6-14-26(24)28-16-8-10-18-30(28)33/h3-20H,1-2,21H2/b35-34-,36-31-. The van der Waals surface area contributed by atoms with E-state index >= 15 is 13.2 Å². The van der Waals surface area contributed by atoms with Crippen LogP contribution in [-0.2, 0) is 0 Å². The average molecular weight is 583 g/mol. The van der Waals surface area contributed by atoms with Gasteiger partial charge in [-0.05, 0) is 72.7 Å². The third kappa shape index (κ3) is 4.28. The molecule has 0 spiro atoms. The first-order valence-electron chi connectivity index (χ1n) is 13.2. The topological polar surface area (TPSA) is 0 Å². The molecule has 0 atom stereocenters. The third-order valence-electron chi connectivity index (χ3n) is 7.71. The summed E-state index contributed by atoms with van der Waals surface area (Å²) in [6.07, 6.45) is 4.51. The van der Waals surface area contributed by atoms with Crippen molar-refractivity contribution in [1.82, 2.24) is 0 Å². The van der Waals surface area contributed by atoms with Gasteiger partial charge in [0.2, 0.25) is 0 Å². The summed E-state index contributed by atoms with van der Waals surface area (Å²) < 4.78 is 75.5. The number of benzene rings is 6. The Morgan fingerprint density at radius 2 is 0.929 bits per heavy atom. The Morgan fingerprint density at radius 3 is 1.33 bits per heavy atom. The Labute approximate surface area is 239 Å². The summed E-state index contributed by atoms with van der Waals surface area (Å²) in [6.45, 7) is -2.74. The second-order valence-electron chi connectivity index (χ2n) is 10.1. The Hall–Kier alpha value is -4.47. The lowest BCUT2D eigenvalue weighted by Gasteiger charge is -2.32. The smallest absolute Gasteiger partial charge is 0.194 e. The normalized spacial score (nSPS) is 13.5. The van der Waals surface area contributed by atoms with Gasteiger partial charge in [0.25, 0.3) is 0 Å². The summed E-state index contributed by atoms with van der Waals surface area (Å²) in [5, 5.41) is 5.97. The van der Waals surface area contributed by atoms with Gasteiger partial charge in [-0.15, -0.1) is 0 Å². The summed E-state index contributed by atoms with van der Waals surface area (Å²) >= 11 is 0. The van der Waals surface area contributed by atoms with Crippen molar-refractivity contribution < 1.29 is 22.0 Å². The zero-order chi connectivity index (χ0) is 29.6. The molecule has 0 amide bonds. The van der Waals surface area contributed by atoms with Crippen LogP contribution in [0.3, 0.4) is 0 Å². The fraction of sp³-hybridized carbons (Fsp3) is 0.0278. The van der Waals surface area contributed by atoms with E-state index in [2.05, 4.69) is 12.9 Å². The number of hydrogen-bond donors (Lipinski definition) is 0. The second-order valence-corrected chi connectivity index (χ2v) is 13.1. The molecule has 208 valence electrons. The molecule has 0 aliphatic rings. The number of halogens is 5. The van der Waals surface area contributed by atoms with Crippen LogP contribution in [0.5, 0.6) is 0 Å². The fourth-order valence-electron chi connectivity index (χ4n) is 5.85. The minimum absolute atomic E-state index is 0.406. The van der Waals surface area contributed by atoms with Crippen molar-refractivity contribution in [2.24, 2.45) is 0 Å². The zero-order valence-electron chi connectivity index (χ0n) is 22.4. The summed E-state index contributed by atoms with van der Waals surface area (Å²) in [5.74, 6) is -7.12. The number of fused-ring (bicyclic) bond motifs is 6. The molecule has 0 heterocycles. The van der Waals surface area contributed by atoms with Crippen LogP contribution >= 0.6 is 6.89 Å². The maximum atomic E-state index is 16.2. The predicted octanol–water partition coefficient (Wildman–Crippen LogP) is 10.5. The first-order chi connectivity index (χ1) is 20.3. The molecule has 6 heteroatoms. The van der Waals surface area contributed by atoms with Crippen LogP contribution < -0.4 is 10.6 Å². The summed E-state index contributed by atoms with van der Waals surface area (Å²) in [5.41, 5.74) is 0. The van der Waals surface area contributed by atoms with E-state index in [4.69, 9.17) is 0 Å². The highest BCUT2D eigenvalue weighted by molar-refractivity contribution is 7.91. The van der Waals surface area contributed by atoms with Crippen molar-refractivity contribution in [2.45, 2.75) is 0 Å². The largest absolute Gasteiger partial charge is 0.243 e. The van der Waals surface area contributed by atoms with Gasteiger partial charge in [-0.2, -0.15) is 0 Å². The lowest BCUT2D eigenvalue weighted by atomic mass is 10.0. The molecule has 0 N–H and O–H groups in total. The molecule has 0 radical (unpaired) electrons. The molecule has 0 unspecified atom stereocenters. The van der Waals surface area contributed by atoms with Crippen LogP contribution in [0, 0.1) is 0 Å². The van der Waals surface area contributed by atoms with E-state index < -0.39 is 42.2 Å². The number of alkyl halides is 1. The monoisotopic (exact) mass is 582 g/mol. The molecule has 6 aromatic carbocycles. The first kappa shape index (κ1) is 27.7. The molecule has 0 saturated heterocycles. The van der Waals surface area contributed by atoms with Crippen molar-refractivity contribution >= 4 is 66.9 Å². The molecule has 0 nitrogen and oxygen atoms in total. The van der Waals surface area contributed by atoms with Gasteiger partial charge in [0, 0.05) is 0 Å². The van der Waals surface area contributed by atoms with E-state index in [-0.39, 0.29) is 0 Å². The van der Waals surface area contributed by atoms with E-state index in [0.717, 1.165) is 32.3 Å². The molecule has 0 saturated carbocycles. The van der Waals surface area contributed by atoms with Crippen LogP contribution in [0.15, 0.2) is 144 Å². The van der Waals surface area contributed by atoms with Crippen LogP contribution in [-0.4, -0.2) is 13.0 Å². The van der Waals surface area contributed by atoms with E-state index in [1.165, 1.54) is 0 Å². The lowest BCUT2D eigenvalue weighted by molar-refractivity contribution is 0.449. The number of hydrogen-bond acceptors (Lipinski definition) is 0. The Kier molecular flexibility index (Phi) is 7.08. The maximum Gasteiger partial charge on any atom is 0.194 e. The van der Waals surface area contributed by atoms with Crippen molar-refractivity contribution in [3.05, 3.63) is 144 Å². The van der Waals surface area contributed by atoms with Gasteiger partial charge < -0.3 is 0 Å². The van der Waals surface area contributed by atoms with Crippen LogP contribution in [0.2, 0.25) is 0 Å². The summed E-state index contributed by atoms with van der Waals surface area (Å²) in [6, 6.07) is 33.2. The minimum atomic E-state index is -3.87. The Balaban J connectivity index is 1.90. The molecular formula is C36H24F5P. The predicted molar refractivity (Wildman–Crippen MR) is 170 cm³/mol. The number of rotatable bonds is 6. The molecule has 6 aromatic rings. The SMILES string of the molecule is C=C(F)/C(F)=C(F)\C(=C(\F)CF)P(=C)(c1cc2ccccc2c2ccccc12)c1cc2ccccc2c2ccccc12. The molecule has 0 aliphatic carbocycles. The molecular weight excluding hydrogens is 558 g/mol. The summed E-state index contributed by atoms with van der Waals surface area (Å²) in [7, 11) is 0. The van der Waals surface area contributed by atoms with Crippen molar-refractivity contribution in [3.8, 4) is 0 Å². The molecule has 42 heavy (non-hydrogen) atoms. The van der Waals surface area contributed by atoms with Gasteiger partial charge in [0.15, 0.2) is 17.5 Å². The van der Waals surface area contributed by atoms with Crippen LogP contribution in [0.4, 0.5) is 22.0 Å². The van der Waals surface area contributed by atoms with Gasteiger partial charge in [-0.1, -0.05) is 110 Å². The fourth-order valence-corrected chi connectivity index (χ4v) is 9.43. The molecule has 0 fully saturated rings. The van der Waals surface area contributed by atoms with Crippen molar-refractivity contribution in [1.29, 1.82) is 0 Å². The van der Waals surface area contributed by atoms with Gasteiger partial charge in [0.05, 0.1) is 5.31 Å². The highest BCUT2D eigenvalue weighted by atomic mass is 31.2. The Bertz CT molecular complexity index is 2050. The van der Waals surface area contributed by atoms with E-state index in [0.29, 0.717) is 21.4 Å². The van der Waals surface area contributed by atoms with Crippen LogP contribution in [0.25, 0.3) is 43.1 Å². The average Bonchev–Trinajstić information content (AvgIpc) is 3.03. The molecule has 0 aliphatic heterocycles. The van der Waals surface area contributed by atoms with E-state index in [9.17, 15) is 8.78 Å². The highest BCUT2D eigenvalue weighted by Gasteiger charge is 2.36. The van der Waals surface area contributed by atoms with E-state index in [1.807, 2.05) is 72.8 Å². The van der Waals surface area contributed by atoms with Gasteiger partial charge in [-0.25, -0.2) is 22.0 Å². The first-order valence-corrected chi connectivity index (χ1v) is 15.2. The second kappa shape index (κ2) is 10.7. The molecule has 0 aromatic heterocycles. The van der Waals surface area contributed by atoms with Gasteiger partial charge in [-0.3, -0.25) is 0 Å². The molecule has 6 rings (SSSR count). The Morgan fingerprint density at radius 1 is 0.548 bits per heavy atom. The van der Waals surface area contributed by atoms with Crippen molar-refractivity contribution in [3.63, 3.8) is 0 Å². The van der Waals surface area contributed by atoms with Gasteiger partial charge in [0.1, 0.15) is 12.5 Å². The quantitative estimate of drug-likeness (QED) is 0.0793. The molecule has 0 bridgehead atoms. The maximum absolute atomic E-state index is 16.2. The number of allylic oxidation sites excluding steroid dienone is 5. The van der Waals surface area contributed by atoms with Gasteiger partial charge >= 0.3 is 0 Å². The van der Waals surface area contributed by atoms with Crippen LogP contribution in [0.1, 0.15) is 0 Å². The zero-order valence-corrected chi connectivity index (χ0v) is 23.2.